The number of nitrogens with one attached hydrogen (secondary N) is 1. The molecule has 0 spiro atoms. The van der Waals surface area contributed by atoms with E-state index < -0.39 is 50.5 Å². The van der Waals surface area contributed by atoms with E-state index in [-0.39, 0.29) is 28.3 Å². The van der Waals surface area contributed by atoms with Gasteiger partial charge in [-0.2, -0.15) is 0 Å². The van der Waals surface area contributed by atoms with Gasteiger partial charge >= 0.3 is 0 Å². The maximum Gasteiger partial charge on any atom is 0.255 e. The van der Waals surface area contributed by atoms with Crippen molar-refractivity contribution in [2.24, 2.45) is 11.8 Å². The Morgan fingerprint density at radius 2 is 1.79 bits per heavy atom. The molecule has 2 aromatic rings. The van der Waals surface area contributed by atoms with Gasteiger partial charge in [0.2, 0.25) is 9.84 Å². The fourth-order valence-corrected chi connectivity index (χ4v) is 7.38. The molecule has 2 fully saturated rings. The smallest absolute Gasteiger partial charge is 0.255 e. The van der Waals surface area contributed by atoms with Crippen LogP contribution in [0, 0.1) is 24.6 Å². The van der Waals surface area contributed by atoms with Crippen LogP contribution in [0.15, 0.2) is 41.3 Å². The van der Waals surface area contributed by atoms with Gasteiger partial charge in [-0.3, -0.25) is 4.79 Å². The van der Waals surface area contributed by atoms with Gasteiger partial charge in [0.05, 0.1) is 22.1 Å². The second-order valence-corrected chi connectivity index (χ2v) is 11.7. The summed E-state index contributed by atoms with van der Waals surface area (Å²) in [6, 6.07) is 7.77. The minimum Gasteiger partial charge on any atom is -0.393 e. The minimum absolute atomic E-state index is 0.00537. The number of carbonyl (C=O) groups is 1. The molecule has 10 heteroatoms. The molecule has 2 saturated carbocycles. The Balaban J connectivity index is 1.64. The predicted molar refractivity (Wildman–Crippen MR) is 120 cm³/mol. The number of hydrogen-bond donors (Lipinski definition) is 4. The van der Waals surface area contributed by atoms with Gasteiger partial charge in [0.25, 0.3) is 5.91 Å². The highest BCUT2D eigenvalue weighted by molar-refractivity contribution is 7.92. The van der Waals surface area contributed by atoms with Crippen molar-refractivity contribution in [1.29, 1.82) is 0 Å². The molecule has 2 aliphatic rings. The topological polar surface area (TPSA) is 124 Å². The number of rotatable bonds is 5. The molecule has 2 aromatic carbocycles. The highest BCUT2D eigenvalue weighted by Gasteiger charge is 2.61. The first-order valence-corrected chi connectivity index (χ1v) is 12.4. The van der Waals surface area contributed by atoms with Crippen molar-refractivity contribution < 1.29 is 32.9 Å². The van der Waals surface area contributed by atoms with Gasteiger partial charge in [-0.05, 0) is 86.4 Å². The second-order valence-electron chi connectivity index (χ2n) is 9.04. The van der Waals surface area contributed by atoms with E-state index in [4.69, 9.17) is 11.6 Å². The summed E-state index contributed by atoms with van der Waals surface area (Å²) in [6.45, 7) is 1.05. The highest BCUT2D eigenvalue weighted by atomic mass is 35.5. The Morgan fingerprint density at radius 1 is 1.15 bits per heavy atom. The molecule has 0 aromatic heterocycles. The molecule has 178 valence electrons. The maximum absolute atomic E-state index is 13.5. The fraction of sp³-hybridized carbons (Fsp3) is 0.435. The number of benzene rings is 2. The third kappa shape index (κ3) is 3.95. The molecular formula is C23H25ClFNO6S. The molecule has 1 amide bonds. The van der Waals surface area contributed by atoms with Gasteiger partial charge in [-0.25, -0.2) is 12.8 Å². The number of anilines is 1. The van der Waals surface area contributed by atoms with E-state index in [1.807, 2.05) is 0 Å². The van der Waals surface area contributed by atoms with Crippen molar-refractivity contribution in [3.05, 3.63) is 58.4 Å². The van der Waals surface area contributed by atoms with Gasteiger partial charge in [-0.15, -0.1) is 0 Å². The van der Waals surface area contributed by atoms with Crippen molar-refractivity contribution >= 4 is 33.0 Å². The molecule has 0 heterocycles. The molecule has 2 bridgehead atoms. The summed E-state index contributed by atoms with van der Waals surface area (Å²) < 4.78 is 40.5. The van der Waals surface area contributed by atoms with Crippen molar-refractivity contribution in [1.82, 2.24) is 0 Å². The van der Waals surface area contributed by atoms with E-state index in [2.05, 4.69) is 5.32 Å². The number of sulfone groups is 1. The van der Waals surface area contributed by atoms with Crippen LogP contribution in [0.25, 0.3) is 0 Å². The van der Waals surface area contributed by atoms with E-state index in [1.165, 1.54) is 30.3 Å². The molecule has 0 radical (unpaired) electrons. The number of fused-ring (bicyclic) bond motifs is 2. The summed E-state index contributed by atoms with van der Waals surface area (Å²) in [5.74, 6) is -2.20. The van der Waals surface area contributed by atoms with Crippen LogP contribution in [-0.4, -0.2) is 46.8 Å². The zero-order valence-corrected chi connectivity index (χ0v) is 19.5. The Morgan fingerprint density at radius 3 is 2.36 bits per heavy atom. The first-order chi connectivity index (χ1) is 15.4. The van der Waals surface area contributed by atoms with E-state index in [0.717, 1.165) is 6.07 Å². The molecule has 4 atom stereocenters. The third-order valence-electron chi connectivity index (χ3n) is 7.06. The summed E-state index contributed by atoms with van der Waals surface area (Å²) >= 11 is 6.18. The van der Waals surface area contributed by atoms with Gasteiger partial charge in [0.1, 0.15) is 5.82 Å². The van der Waals surface area contributed by atoms with E-state index in [0.29, 0.717) is 24.1 Å². The van der Waals surface area contributed by atoms with Gasteiger partial charge in [-0.1, -0.05) is 11.6 Å². The summed E-state index contributed by atoms with van der Waals surface area (Å²) in [7, 11) is -4.42. The molecule has 4 rings (SSSR count). The highest BCUT2D eigenvalue weighted by Crippen LogP contribution is 2.55. The van der Waals surface area contributed by atoms with Crippen LogP contribution in [0.5, 0.6) is 0 Å². The van der Waals surface area contributed by atoms with Crippen LogP contribution < -0.4 is 5.32 Å². The van der Waals surface area contributed by atoms with E-state index in [9.17, 15) is 32.9 Å². The normalized spacial score (nSPS) is 29.2. The molecule has 1 unspecified atom stereocenters. The predicted octanol–water partition coefficient (Wildman–Crippen LogP) is 3.05. The van der Waals surface area contributed by atoms with Crippen LogP contribution in [0.2, 0.25) is 5.02 Å². The molecule has 0 aliphatic heterocycles. The lowest BCUT2D eigenvalue weighted by Crippen LogP contribution is -2.56. The number of aliphatic hydroxyl groups is 3. The zero-order valence-electron chi connectivity index (χ0n) is 17.9. The zero-order chi connectivity index (χ0) is 24.2. The minimum atomic E-state index is -4.42. The third-order valence-corrected chi connectivity index (χ3v) is 9.75. The Hall–Kier alpha value is -2.04. The first kappa shape index (κ1) is 24.1. The second kappa shape index (κ2) is 8.32. The van der Waals surface area contributed by atoms with E-state index >= 15 is 0 Å². The number of aliphatic hydroxyl groups excluding tert-OH is 1. The molecular weight excluding hydrogens is 473 g/mol. The summed E-state index contributed by atoms with van der Waals surface area (Å²) in [5, 5.41) is 34.1. The van der Waals surface area contributed by atoms with Crippen molar-refractivity contribution in [3.8, 4) is 0 Å². The van der Waals surface area contributed by atoms with Crippen molar-refractivity contribution in [2.45, 2.75) is 48.0 Å². The van der Waals surface area contributed by atoms with Gasteiger partial charge in [0, 0.05) is 11.3 Å². The van der Waals surface area contributed by atoms with Crippen LogP contribution in [0.4, 0.5) is 10.1 Å². The lowest BCUT2D eigenvalue weighted by atomic mass is 9.73. The Labute approximate surface area is 196 Å². The lowest BCUT2D eigenvalue weighted by Gasteiger charge is -2.45. The van der Waals surface area contributed by atoms with Gasteiger partial charge in [0.15, 0.2) is 4.93 Å². The molecule has 0 saturated heterocycles. The number of halogens is 2. The van der Waals surface area contributed by atoms with Crippen molar-refractivity contribution in [2.75, 3.05) is 11.9 Å². The van der Waals surface area contributed by atoms with Gasteiger partial charge < -0.3 is 20.6 Å². The summed E-state index contributed by atoms with van der Waals surface area (Å²) in [6.07, 6.45) is 0.495. The summed E-state index contributed by atoms with van der Waals surface area (Å²) in [4.78, 5) is 10.2. The van der Waals surface area contributed by atoms with Crippen LogP contribution >= 0.6 is 11.6 Å². The molecule has 33 heavy (non-hydrogen) atoms. The van der Waals surface area contributed by atoms with Crippen molar-refractivity contribution in [3.63, 3.8) is 0 Å². The Kier molecular flexibility index (Phi) is 6.07. The summed E-state index contributed by atoms with van der Waals surface area (Å²) in [5.41, 5.74) is -0.747. The molecule has 7 nitrogen and oxygen atoms in total. The Bertz CT molecular complexity index is 1200. The quantitative estimate of drug-likeness (QED) is 0.503. The number of aryl methyl sites for hydroxylation is 1. The largest absolute Gasteiger partial charge is 0.393 e. The standard InChI is InChI=1S/C23H25ClFNO6S/c1-13-8-17(5-7-19(13)25)26-21(28)14-2-6-18(24)20(9-14)33(31,32)22(29)10-15-3-4-16(11-22)23(15,30)12-27/h2,5-9,15-16,27,29-30H,3-4,10-12H2,1H3,(H,26,28)/t15-,16?,22-,23-/m0/s1. The van der Waals surface area contributed by atoms with Crippen LogP contribution in [0.3, 0.4) is 0 Å². The molecule has 4 N–H and O–H groups in total. The number of amides is 1. The number of carbonyl (C=O) groups excluding carboxylic acids is 1. The van der Waals surface area contributed by atoms with Crippen LogP contribution in [-0.2, 0) is 9.84 Å². The number of hydrogen-bond acceptors (Lipinski definition) is 6. The SMILES string of the molecule is Cc1cc(NC(=O)c2ccc(Cl)c(S(=O)(=O)[C@]3(O)CC4CC[C@@H](C3)[C@@]4(O)CO)c2)ccc1F. The average Bonchev–Trinajstić information content (AvgIpc) is 2.93. The molecule has 2 aliphatic carbocycles. The average molecular weight is 498 g/mol. The van der Waals surface area contributed by atoms with Crippen LogP contribution in [0.1, 0.15) is 41.6 Å². The van der Waals surface area contributed by atoms with E-state index in [1.54, 1.807) is 6.92 Å². The lowest BCUT2D eigenvalue weighted by molar-refractivity contribution is -0.128. The monoisotopic (exact) mass is 497 g/mol. The fourth-order valence-electron chi connectivity index (χ4n) is 5.11. The first-order valence-electron chi connectivity index (χ1n) is 10.6. The maximum atomic E-state index is 13.5.